The SMILES string of the molecule is Cc1cn[c]c(SC(F)(F)F)c1. The highest BCUT2D eigenvalue weighted by Crippen LogP contribution is 2.36. The largest absolute Gasteiger partial charge is 0.446 e. The van der Waals surface area contributed by atoms with Gasteiger partial charge in [-0.3, -0.25) is 4.98 Å². The molecule has 5 heteroatoms. The molecular weight excluding hydrogens is 187 g/mol. The lowest BCUT2D eigenvalue weighted by molar-refractivity contribution is -0.0328. The van der Waals surface area contributed by atoms with E-state index in [1.165, 1.54) is 12.3 Å². The number of rotatable bonds is 1. The minimum absolute atomic E-state index is 0.00231. The highest BCUT2D eigenvalue weighted by Gasteiger charge is 2.29. The van der Waals surface area contributed by atoms with Crippen molar-refractivity contribution in [1.82, 2.24) is 4.98 Å². The predicted molar refractivity (Wildman–Crippen MR) is 39.7 cm³/mol. The van der Waals surface area contributed by atoms with Gasteiger partial charge in [0, 0.05) is 11.1 Å². The van der Waals surface area contributed by atoms with E-state index in [0.29, 0.717) is 5.56 Å². The maximum atomic E-state index is 11.8. The number of thioether (sulfide) groups is 1. The van der Waals surface area contributed by atoms with E-state index in [4.69, 9.17) is 0 Å². The molecule has 0 aliphatic heterocycles. The van der Waals surface area contributed by atoms with E-state index in [9.17, 15) is 13.2 Å². The van der Waals surface area contributed by atoms with E-state index in [1.54, 1.807) is 6.92 Å². The second-order valence-electron chi connectivity index (χ2n) is 2.17. The topological polar surface area (TPSA) is 12.9 Å². The lowest BCUT2D eigenvalue weighted by Gasteiger charge is -2.04. The third-order valence-electron chi connectivity index (χ3n) is 1.03. The first-order valence-electron chi connectivity index (χ1n) is 3.07. The molecule has 12 heavy (non-hydrogen) atoms. The molecule has 1 aromatic heterocycles. The normalized spacial score (nSPS) is 11.7. The second kappa shape index (κ2) is 3.35. The second-order valence-corrected chi connectivity index (χ2v) is 3.28. The molecule has 0 spiro atoms. The summed E-state index contributed by atoms with van der Waals surface area (Å²) in [6.07, 6.45) is 3.72. The number of aryl methyl sites for hydroxylation is 1. The maximum Gasteiger partial charge on any atom is 0.446 e. The molecule has 0 amide bonds. The first-order chi connectivity index (χ1) is 5.47. The third-order valence-corrected chi connectivity index (χ3v) is 1.69. The monoisotopic (exact) mass is 192 g/mol. The van der Waals surface area contributed by atoms with Gasteiger partial charge in [-0.2, -0.15) is 13.2 Å². The van der Waals surface area contributed by atoms with E-state index in [-0.39, 0.29) is 16.7 Å². The van der Waals surface area contributed by atoms with Gasteiger partial charge in [0.15, 0.2) is 0 Å². The molecule has 0 unspecified atom stereocenters. The van der Waals surface area contributed by atoms with Crippen LogP contribution in [0.1, 0.15) is 5.56 Å². The summed E-state index contributed by atoms with van der Waals surface area (Å²) in [6.45, 7) is 1.68. The fraction of sp³-hybridized carbons (Fsp3) is 0.286. The van der Waals surface area contributed by atoms with Gasteiger partial charge >= 0.3 is 5.51 Å². The number of nitrogens with zero attached hydrogens (tertiary/aromatic N) is 1. The summed E-state index contributed by atoms with van der Waals surface area (Å²) >= 11 is -0.203. The van der Waals surface area contributed by atoms with Gasteiger partial charge in [-0.1, -0.05) is 0 Å². The quantitative estimate of drug-likeness (QED) is 0.634. The van der Waals surface area contributed by atoms with Gasteiger partial charge in [0.2, 0.25) is 0 Å². The lowest BCUT2D eigenvalue weighted by atomic mass is 10.3. The van der Waals surface area contributed by atoms with Gasteiger partial charge in [0.25, 0.3) is 0 Å². The Kier molecular flexibility index (Phi) is 2.62. The molecular formula is C7H5F3NS. The van der Waals surface area contributed by atoms with Crippen molar-refractivity contribution < 1.29 is 13.2 Å². The van der Waals surface area contributed by atoms with Crippen molar-refractivity contribution in [2.45, 2.75) is 17.3 Å². The van der Waals surface area contributed by atoms with Crippen LogP contribution < -0.4 is 0 Å². The Hall–Kier alpha value is -0.710. The Morgan fingerprint density at radius 2 is 2.17 bits per heavy atom. The molecule has 0 bridgehead atoms. The molecule has 1 nitrogen and oxygen atoms in total. The molecule has 0 fully saturated rings. The molecule has 65 valence electrons. The molecule has 0 aliphatic carbocycles. The van der Waals surface area contributed by atoms with Crippen molar-refractivity contribution in [1.29, 1.82) is 0 Å². The van der Waals surface area contributed by atoms with E-state index < -0.39 is 5.51 Å². The first-order valence-corrected chi connectivity index (χ1v) is 3.89. The molecule has 0 aliphatic rings. The fourth-order valence-electron chi connectivity index (χ4n) is 0.651. The number of hydrogen-bond acceptors (Lipinski definition) is 2. The predicted octanol–water partition coefficient (Wildman–Crippen LogP) is 2.80. The van der Waals surface area contributed by atoms with Crippen molar-refractivity contribution in [3.05, 3.63) is 24.0 Å². The summed E-state index contributed by atoms with van der Waals surface area (Å²) in [5.41, 5.74) is -3.56. The summed E-state index contributed by atoms with van der Waals surface area (Å²) < 4.78 is 35.4. The third kappa shape index (κ3) is 3.13. The van der Waals surface area contributed by atoms with Crippen LogP contribution in [0, 0.1) is 13.1 Å². The molecule has 1 radical (unpaired) electrons. The summed E-state index contributed by atoms with van der Waals surface area (Å²) in [5, 5.41) is 0. The number of halogens is 3. The summed E-state index contributed by atoms with van der Waals surface area (Å²) in [4.78, 5) is 3.52. The standard InChI is InChI=1S/C7H5F3NS/c1-5-2-6(4-11-3-5)12-7(8,9)10/h2-3H,1H3. The highest BCUT2D eigenvalue weighted by atomic mass is 32.2. The lowest BCUT2D eigenvalue weighted by Crippen LogP contribution is -1.99. The van der Waals surface area contributed by atoms with E-state index in [2.05, 4.69) is 11.2 Å². The van der Waals surface area contributed by atoms with Crippen LogP contribution in [-0.2, 0) is 0 Å². The first kappa shape index (κ1) is 9.38. The Bertz CT molecular complexity index is 272. The van der Waals surface area contributed by atoms with Crippen LogP contribution in [0.5, 0.6) is 0 Å². The zero-order valence-electron chi connectivity index (χ0n) is 6.14. The average Bonchev–Trinajstić information content (AvgIpc) is 1.82. The zero-order valence-corrected chi connectivity index (χ0v) is 6.96. The molecule has 0 N–H and O–H groups in total. The average molecular weight is 192 g/mol. The Labute approximate surface area is 72.0 Å². The smallest absolute Gasteiger partial charge is 0.253 e. The molecule has 1 rings (SSSR count). The van der Waals surface area contributed by atoms with Crippen molar-refractivity contribution in [3.63, 3.8) is 0 Å². The van der Waals surface area contributed by atoms with E-state index in [1.807, 2.05) is 0 Å². The van der Waals surface area contributed by atoms with Crippen molar-refractivity contribution in [2.75, 3.05) is 0 Å². The summed E-state index contributed by atoms with van der Waals surface area (Å²) in [6, 6.07) is 1.39. The Balaban J connectivity index is 2.77. The van der Waals surface area contributed by atoms with Crippen molar-refractivity contribution >= 4 is 11.8 Å². The van der Waals surface area contributed by atoms with Crippen LogP contribution in [0.25, 0.3) is 0 Å². The number of hydrogen-bond donors (Lipinski definition) is 0. The Morgan fingerprint density at radius 1 is 1.50 bits per heavy atom. The van der Waals surface area contributed by atoms with Crippen LogP contribution in [0.4, 0.5) is 13.2 Å². The van der Waals surface area contributed by atoms with Crippen LogP contribution in [0.2, 0.25) is 0 Å². The van der Waals surface area contributed by atoms with Crippen molar-refractivity contribution in [2.24, 2.45) is 0 Å². The number of pyridine rings is 1. The minimum atomic E-state index is -4.26. The van der Waals surface area contributed by atoms with Crippen molar-refractivity contribution in [3.8, 4) is 0 Å². The summed E-state index contributed by atoms with van der Waals surface area (Å²) in [7, 11) is 0. The van der Waals surface area contributed by atoms with Crippen LogP contribution in [-0.4, -0.2) is 10.5 Å². The van der Waals surface area contributed by atoms with E-state index in [0.717, 1.165) is 0 Å². The van der Waals surface area contributed by atoms with Gasteiger partial charge < -0.3 is 0 Å². The molecule has 0 atom stereocenters. The molecule has 1 heterocycles. The minimum Gasteiger partial charge on any atom is -0.253 e. The van der Waals surface area contributed by atoms with Gasteiger partial charge in [-0.05, 0) is 30.3 Å². The maximum absolute atomic E-state index is 11.8. The van der Waals surface area contributed by atoms with Gasteiger partial charge in [0.05, 0.1) is 0 Å². The highest BCUT2D eigenvalue weighted by molar-refractivity contribution is 8.00. The number of aromatic nitrogens is 1. The van der Waals surface area contributed by atoms with Gasteiger partial charge in [-0.15, -0.1) is 0 Å². The Morgan fingerprint density at radius 3 is 2.67 bits per heavy atom. The molecule has 1 aromatic rings. The fourth-order valence-corrected chi connectivity index (χ4v) is 1.24. The van der Waals surface area contributed by atoms with Gasteiger partial charge in [0.1, 0.15) is 6.20 Å². The van der Waals surface area contributed by atoms with E-state index >= 15 is 0 Å². The van der Waals surface area contributed by atoms with Crippen LogP contribution in [0.15, 0.2) is 17.2 Å². The molecule has 0 saturated carbocycles. The van der Waals surface area contributed by atoms with Crippen LogP contribution in [0.3, 0.4) is 0 Å². The van der Waals surface area contributed by atoms with Gasteiger partial charge in [-0.25, -0.2) is 0 Å². The zero-order chi connectivity index (χ0) is 9.19. The van der Waals surface area contributed by atoms with Crippen LogP contribution >= 0.6 is 11.8 Å². The number of alkyl halides is 3. The molecule has 0 aromatic carbocycles. The molecule has 0 saturated heterocycles. The summed E-state index contributed by atoms with van der Waals surface area (Å²) in [5.74, 6) is 0.